The molecule has 0 aliphatic rings. The normalized spacial score (nSPS) is 13.5. The summed E-state index contributed by atoms with van der Waals surface area (Å²) in [5.41, 5.74) is 7.23. The van der Waals surface area contributed by atoms with Gasteiger partial charge in [0.05, 0.1) is 6.20 Å². The zero-order chi connectivity index (χ0) is 10.6. The van der Waals surface area contributed by atoms with Gasteiger partial charge in [0.25, 0.3) is 0 Å². The molecule has 0 aromatic carbocycles. The lowest BCUT2D eigenvalue weighted by molar-refractivity contribution is 0.363. The summed E-state index contributed by atoms with van der Waals surface area (Å²) in [7, 11) is 6.02. The second-order valence-electron chi connectivity index (χ2n) is 4.08. The molecule has 4 heteroatoms. The van der Waals surface area contributed by atoms with Gasteiger partial charge in [-0.3, -0.25) is 4.68 Å². The molecule has 80 valence electrons. The lowest BCUT2D eigenvalue weighted by Crippen LogP contribution is -2.33. The summed E-state index contributed by atoms with van der Waals surface area (Å²) in [6.07, 6.45) is 5.98. The van der Waals surface area contributed by atoms with Crippen molar-refractivity contribution in [2.45, 2.75) is 18.9 Å². The molecule has 1 rings (SSSR count). The van der Waals surface area contributed by atoms with Gasteiger partial charge in [0.15, 0.2) is 0 Å². The highest BCUT2D eigenvalue weighted by molar-refractivity contribution is 5.03. The van der Waals surface area contributed by atoms with E-state index in [1.165, 1.54) is 5.56 Å². The average molecular weight is 196 g/mol. The predicted octanol–water partition coefficient (Wildman–Crippen LogP) is 0.242. The van der Waals surface area contributed by atoms with Crippen molar-refractivity contribution in [2.75, 3.05) is 20.6 Å². The van der Waals surface area contributed by atoms with Crippen LogP contribution in [0.5, 0.6) is 0 Å². The first-order chi connectivity index (χ1) is 6.58. The van der Waals surface area contributed by atoms with Gasteiger partial charge < -0.3 is 10.6 Å². The summed E-state index contributed by atoms with van der Waals surface area (Å²) in [4.78, 5) is 2.12. The molecule has 1 aromatic rings. The summed E-state index contributed by atoms with van der Waals surface area (Å²) in [5.74, 6) is 0. The van der Waals surface area contributed by atoms with E-state index in [4.69, 9.17) is 5.73 Å². The zero-order valence-electron chi connectivity index (χ0n) is 9.27. The highest BCUT2D eigenvalue weighted by atomic mass is 15.2. The number of nitrogens with two attached hydrogens (primary N) is 1. The van der Waals surface area contributed by atoms with Gasteiger partial charge in [0.2, 0.25) is 0 Å². The van der Waals surface area contributed by atoms with Gasteiger partial charge in [-0.25, -0.2) is 0 Å². The Bertz CT molecular complexity index is 267. The molecule has 1 atom stereocenters. The third kappa shape index (κ3) is 3.89. The van der Waals surface area contributed by atoms with E-state index in [9.17, 15) is 0 Å². The van der Waals surface area contributed by atoms with E-state index < -0.39 is 0 Å². The Balaban J connectivity index is 2.26. The molecule has 0 saturated carbocycles. The van der Waals surface area contributed by atoms with Crippen molar-refractivity contribution in [2.24, 2.45) is 12.8 Å². The Labute approximate surface area is 85.7 Å². The number of nitrogens with zero attached hydrogens (tertiary/aromatic N) is 3. The second kappa shape index (κ2) is 5.12. The monoisotopic (exact) mass is 196 g/mol. The van der Waals surface area contributed by atoms with E-state index in [1.807, 2.05) is 38.2 Å². The lowest BCUT2D eigenvalue weighted by atomic mass is 10.1. The van der Waals surface area contributed by atoms with Crippen molar-refractivity contribution >= 4 is 0 Å². The standard InChI is InChI=1S/C10H20N4/c1-13(2)8-10(11)5-4-9-6-12-14(3)7-9/h6-7,10H,4-5,8,11H2,1-3H3. The van der Waals surface area contributed by atoms with Crippen LogP contribution in [0.25, 0.3) is 0 Å². The average Bonchev–Trinajstić information content (AvgIpc) is 2.47. The third-order valence-electron chi connectivity index (χ3n) is 2.16. The fourth-order valence-electron chi connectivity index (χ4n) is 1.51. The number of aryl methyl sites for hydroxylation is 2. The molecule has 1 heterocycles. The van der Waals surface area contributed by atoms with Crippen molar-refractivity contribution in [1.29, 1.82) is 0 Å². The SMILES string of the molecule is CN(C)CC(N)CCc1cnn(C)c1. The minimum atomic E-state index is 0.255. The summed E-state index contributed by atoms with van der Waals surface area (Å²) < 4.78 is 1.83. The van der Waals surface area contributed by atoms with Gasteiger partial charge in [-0.2, -0.15) is 5.10 Å². The molecule has 1 unspecified atom stereocenters. The Morgan fingerprint density at radius 2 is 2.29 bits per heavy atom. The number of aromatic nitrogens is 2. The molecule has 0 saturated heterocycles. The number of hydrogen-bond acceptors (Lipinski definition) is 3. The van der Waals surface area contributed by atoms with E-state index in [1.54, 1.807) is 0 Å². The Morgan fingerprint density at radius 1 is 1.57 bits per heavy atom. The van der Waals surface area contributed by atoms with Crippen LogP contribution in [0.4, 0.5) is 0 Å². The topological polar surface area (TPSA) is 47.1 Å². The molecular formula is C10H20N4. The van der Waals surface area contributed by atoms with Crippen LogP contribution in [0.2, 0.25) is 0 Å². The summed E-state index contributed by atoms with van der Waals surface area (Å²) >= 11 is 0. The molecule has 0 aliphatic carbocycles. The van der Waals surface area contributed by atoms with Crippen molar-refractivity contribution in [3.05, 3.63) is 18.0 Å². The van der Waals surface area contributed by atoms with Crippen LogP contribution in [-0.4, -0.2) is 41.4 Å². The van der Waals surface area contributed by atoms with E-state index in [0.717, 1.165) is 19.4 Å². The highest BCUT2D eigenvalue weighted by Gasteiger charge is 2.05. The smallest absolute Gasteiger partial charge is 0.0521 e. The van der Waals surface area contributed by atoms with Crippen LogP contribution in [0, 0.1) is 0 Å². The van der Waals surface area contributed by atoms with Crippen molar-refractivity contribution in [1.82, 2.24) is 14.7 Å². The molecular weight excluding hydrogens is 176 g/mol. The second-order valence-corrected chi connectivity index (χ2v) is 4.08. The maximum Gasteiger partial charge on any atom is 0.0521 e. The van der Waals surface area contributed by atoms with Crippen LogP contribution in [0.15, 0.2) is 12.4 Å². The van der Waals surface area contributed by atoms with Crippen molar-refractivity contribution in [3.63, 3.8) is 0 Å². The molecule has 2 N–H and O–H groups in total. The minimum absolute atomic E-state index is 0.255. The van der Waals surface area contributed by atoms with Gasteiger partial charge in [-0.15, -0.1) is 0 Å². The van der Waals surface area contributed by atoms with Crippen LogP contribution < -0.4 is 5.73 Å². The zero-order valence-corrected chi connectivity index (χ0v) is 9.27. The van der Waals surface area contributed by atoms with Crippen molar-refractivity contribution < 1.29 is 0 Å². The molecule has 0 aliphatic heterocycles. The molecule has 0 fully saturated rings. The predicted molar refractivity (Wildman–Crippen MR) is 58.1 cm³/mol. The molecule has 0 bridgehead atoms. The van der Waals surface area contributed by atoms with E-state index in [0.29, 0.717) is 0 Å². The van der Waals surface area contributed by atoms with Gasteiger partial charge in [0.1, 0.15) is 0 Å². The highest BCUT2D eigenvalue weighted by Crippen LogP contribution is 2.03. The molecule has 0 amide bonds. The van der Waals surface area contributed by atoms with E-state index in [2.05, 4.69) is 10.00 Å². The third-order valence-corrected chi connectivity index (χ3v) is 2.16. The van der Waals surface area contributed by atoms with Gasteiger partial charge in [0, 0.05) is 25.8 Å². The van der Waals surface area contributed by atoms with E-state index >= 15 is 0 Å². The Hall–Kier alpha value is -0.870. The maximum atomic E-state index is 5.96. The van der Waals surface area contributed by atoms with Crippen LogP contribution in [-0.2, 0) is 13.5 Å². The maximum absolute atomic E-state index is 5.96. The summed E-state index contributed by atoms with van der Waals surface area (Å²) in [5, 5.41) is 4.12. The summed E-state index contributed by atoms with van der Waals surface area (Å²) in [6.45, 7) is 0.945. The van der Waals surface area contributed by atoms with Gasteiger partial charge >= 0.3 is 0 Å². The Morgan fingerprint density at radius 3 is 2.79 bits per heavy atom. The van der Waals surface area contributed by atoms with Crippen molar-refractivity contribution in [3.8, 4) is 0 Å². The molecule has 0 spiro atoms. The summed E-state index contributed by atoms with van der Waals surface area (Å²) in [6, 6.07) is 0.255. The van der Waals surface area contributed by atoms with Gasteiger partial charge in [-0.05, 0) is 32.5 Å². The molecule has 0 radical (unpaired) electrons. The number of rotatable bonds is 5. The Kier molecular flexibility index (Phi) is 4.10. The fraction of sp³-hybridized carbons (Fsp3) is 0.700. The fourth-order valence-corrected chi connectivity index (χ4v) is 1.51. The molecule has 14 heavy (non-hydrogen) atoms. The quantitative estimate of drug-likeness (QED) is 0.734. The molecule has 1 aromatic heterocycles. The van der Waals surface area contributed by atoms with Gasteiger partial charge in [-0.1, -0.05) is 0 Å². The number of hydrogen-bond donors (Lipinski definition) is 1. The van der Waals surface area contributed by atoms with Crippen LogP contribution in [0.1, 0.15) is 12.0 Å². The molecule has 4 nitrogen and oxygen atoms in total. The van der Waals surface area contributed by atoms with E-state index in [-0.39, 0.29) is 6.04 Å². The lowest BCUT2D eigenvalue weighted by Gasteiger charge is -2.16. The first-order valence-corrected chi connectivity index (χ1v) is 4.95. The largest absolute Gasteiger partial charge is 0.327 e. The first-order valence-electron chi connectivity index (χ1n) is 4.95. The van der Waals surface area contributed by atoms with Crippen LogP contribution in [0.3, 0.4) is 0 Å². The minimum Gasteiger partial charge on any atom is -0.327 e. The first kappa shape index (κ1) is 11.2. The number of likely N-dealkylation sites (N-methyl/N-ethyl adjacent to an activating group) is 1. The van der Waals surface area contributed by atoms with Crippen LogP contribution >= 0.6 is 0 Å².